The molecule has 0 fully saturated rings. The van der Waals surface area contributed by atoms with Crippen molar-refractivity contribution >= 4 is 67.2 Å². The summed E-state index contributed by atoms with van der Waals surface area (Å²) in [5.74, 6) is 0.312. The maximum atomic E-state index is 13.1. The topological polar surface area (TPSA) is 190 Å². The Morgan fingerprint density at radius 2 is 1.43 bits per heavy atom. The van der Waals surface area contributed by atoms with Gasteiger partial charge in [-0.3, -0.25) is 5.43 Å². The molecule has 0 saturated carbocycles. The number of aryl methyl sites for hydroxylation is 1. The van der Waals surface area contributed by atoms with E-state index in [1.807, 2.05) is 67.6 Å². The number of para-hydroxylation sites is 1. The van der Waals surface area contributed by atoms with E-state index in [1.54, 1.807) is 37.5 Å². The molecule has 0 bridgehead atoms. The van der Waals surface area contributed by atoms with Crippen LogP contribution in [0.3, 0.4) is 0 Å². The van der Waals surface area contributed by atoms with Crippen molar-refractivity contribution in [2.24, 2.45) is 15.3 Å². The van der Waals surface area contributed by atoms with Crippen molar-refractivity contribution in [3.05, 3.63) is 114 Å². The third-order valence-corrected chi connectivity index (χ3v) is 5.72. The minimum Gasteiger partial charge on any atom is -0.494 e. The van der Waals surface area contributed by atoms with Crippen molar-refractivity contribution in [2.45, 2.75) is 6.92 Å². The van der Waals surface area contributed by atoms with Crippen LogP contribution in [-0.2, 0) is 21.2 Å². The number of methoxy groups -OCH3 is 1. The first kappa shape index (κ1) is 41.2. The molecule has 0 heterocycles. The molecule has 17 heteroatoms. The molecule has 0 radical (unpaired) electrons. The fourth-order valence-corrected chi connectivity index (χ4v) is 3.79. The summed E-state index contributed by atoms with van der Waals surface area (Å²) in [6.07, 6.45) is 4.76. The van der Waals surface area contributed by atoms with Gasteiger partial charge in [0.2, 0.25) is 0 Å². The average molecular weight is 692 g/mol. The second-order valence-electron chi connectivity index (χ2n) is 8.69. The van der Waals surface area contributed by atoms with Crippen molar-refractivity contribution in [1.82, 2.24) is 0 Å². The summed E-state index contributed by atoms with van der Waals surface area (Å²) in [5.41, 5.74) is 9.20. The second kappa shape index (κ2) is 21.1. The van der Waals surface area contributed by atoms with Gasteiger partial charge >= 0.3 is 80.3 Å². The van der Waals surface area contributed by atoms with Crippen molar-refractivity contribution in [3.63, 3.8) is 0 Å². The number of anilines is 3. The standard InChI is InChI=1S/C30H23N5O2.2Na.2O3S/c1-20-17-28(29(37-2)19-27(20)34-32-23-11-7-4-8-12-23)35-33-26-16-13-21-18-24(14-15-25(21)30(26)36)31-22-9-5-3-6-10-22;;;2*1-4(2)3/h3,5-15,17-19,31,35H,1-2H3;;;;/q-2;2*+1;;/b33-26-,34-32?;;;;. The molecule has 4 aromatic carbocycles. The smallest absolute Gasteiger partial charge is 0.494 e. The number of rotatable bonds is 7. The largest absolute Gasteiger partial charge is 1.00 e. The van der Waals surface area contributed by atoms with Gasteiger partial charge in [0, 0.05) is 23.2 Å². The molecule has 13 nitrogen and oxygen atoms in total. The first-order valence-corrected chi connectivity index (χ1v) is 14.6. The number of hydrazone groups is 1. The zero-order valence-electron chi connectivity index (χ0n) is 25.6. The molecule has 1 aliphatic carbocycles. The van der Waals surface area contributed by atoms with Crippen molar-refractivity contribution in [1.29, 1.82) is 0 Å². The molecule has 0 aliphatic heterocycles. The summed E-state index contributed by atoms with van der Waals surface area (Å²) >= 11 is 0. The number of Topliss-reactive ketones (excluding diaryl/α,β-unsaturated/α-hetero) is 1. The van der Waals surface area contributed by atoms with Gasteiger partial charge in [0.1, 0.15) is 5.75 Å². The number of nitrogens with zero attached hydrogens (tertiary/aromatic N) is 3. The number of carbonyl (C=O) groups excluding carboxylic acids is 1. The number of allylic oxidation sites excluding steroid dienone is 1. The Morgan fingerprint density at radius 3 is 2.04 bits per heavy atom. The predicted octanol–water partition coefficient (Wildman–Crippen LogP) is -0.557. The minimum absolute atomic E-state index is 0. The number of azo groups is 1. The van der Waals surface area contributed by atoms with Crippen molar-refractivity contribution < 1.29 is 93.9 Å². The summed E-state index contributed by atoms with van der Waals surface area (Å²) in [4.78, 5) is 13.1. The van der Waals surface area contributed by atoms with Crippen molar-refractivity contribution in [2.75, 3.05) is 17.9 Å². The molecule has 0 unspecified atom stereocenters. The van der Waals surface area contributed by atoms with E-state index in [9.17, 15) is 4.79 Å². The van der Waals surface area contributed by atoms with Crippen LogP contribution in [0.1, 0.15) is 21.5 Å². The van der Waals surface area contributed by atoms with E-state index in [-0.39, 0.29) is 70.6 Å². The molecule has 2 N–H and O–H groups in total. The zero-order chi connectivity index (χ0) is 32.8. The summed E-state index contributed by atoms with van der Waals surface area (Å²) in [6.45, 7) is 1.92. The number of carbonyl (C=O) groups is 1. The minimum atomic E-state index is -3.11. The Morgan fingerprint density at radius 1 is 0.787 bits per heavy atom. The molecular weight excluding hydrogens is 668 g/mol. The molecule has 0 spiro atoms. The van der Waals surface area contributed by atoms with Gasteiger partial charge in [-0.15, -0.1) is 42.9 Å². The molecule has 0 aromatic heterocycles. The third kappa shape index (κ3) is 13.8. The van der Waals surface area contributed by atoms with Crippen LogP contribution in [-0.4, -0.2) is 43.9 Å². The van der Waals surface area contributed by atoms with Gasteiger partial charge in [-0.25, -0.2) is 0 Å². The second-order valence-corrected chi connectivity index (χ2v) is 9.50. The van der Waals surface area contributed by atoms with E-state index >= 15 is 0 Å². The number of nitrogens with one attached hydrogen (secondary N) is 2. The number of hydrogen-bond donors (Lipinski definition) is 2. The fourth-order valence-electron chi connectivity index (χ4n) is 3.79. The molecule has 0 atom stereocenters. The number of ether oxygens (including phenoxy) is 1. The molecular formula is C30H23N5Na2O8S2. The average Bonchev–Trinajstić information content (AvgIpc) is 3.01. The van der Waals surface area contributed by atoms with E-state index in [1.165, 1.54) is 0 Å². The SMILES string of the molecule is COc1cc(N=Nc2cc[c-]cc2)c(C)cc1N/N=C1/[C-]=Cc2cc(Nc3ccccc3)ccc2C1=O.O=S(=O)=O.O=S(=O)=O.[Na+].[Na+]. The third-order valence-electron chi connectivity index (χ3n) is 5.72. The maximum Gasteiger partial charge on any atom is 1.00 e. The van der Waals surface area contributed by atoms with Gasteiger partial charge in [-0.1, -0.05) is 35.9 Å². The van der Waals surface area contributed by atoms with Gasteiger partial charge in [-0.2, -0.15) is 45.7 Å². The van der Waals surface area contributed by atoms with Gasteiger partial charge < -0.3 is 14.8 Å². The number of benzene rings is 4. The van der Waals surface area contributed by atoms with Crippen LogP contribution in [0.5, 0.6) is 5.75 Å². The maximum absolute atomic E-state index is 13.1. The summed E-state index contributed by atoms with van der Waals surface area (Å²) < 4.78 is 56.2. The van der Waals surface area contributed by atoms with Crippen LogP contribution in [0, 0.1) is 19.1 Å². The quantitative estimate of drug-likeness (QED) is 0.110. The van der Waals surface area contributed by atoms with E-state index in [2.05, 4.69) is 38.2 Å². The monoisotopic (exact) mass is 691 g/mol. The normalized spacial score (nSPS) is 11.7. The molecule has 1 aliphatic rings. The molecule has 5 rings (SSSR count). The van der Waals surface area contributed by atoms with Crippen LogP contribution in [0.4, 0.5) is 28.4 Å². The number of fused-ring (bicyclic) bond motifs is 1. The molecule has 4 aromatic rings. The Kier molecular flexibility index (Phi) is 18.5. The fraction of sp³-hybridized carbons (Fsp3) is 0.0667. The van der Waals surface area contributed by atoms with E-state index in [0.29, 0.717) is 22.7 Å². The first-order valence-electron chi connectivity index (χ1n) is 12.6. The number of hydrogen-bond acceptors (Lipinski definition) is 13. The van der Waals surface area contributed by atoms with E-state index < -0.39 is 21.2 Å². The van der Waals surface area contributed by atoms with Crippen molar-refractivity contribution in [3.8, 4) is 5.75 Å². The molecule has 47 heavy (non-hydrogen) atoms. The molecule has 0 saturated heterocycles. The van der Waals surface area contributed by atoms with Crippen LogP contribution in [0.15, 0.2) is 100 Å². The van der Waals surface area contributed by atoms with Gasteiger partial charge in [-0.05, 0) is 42.4 Å². The van der Waals surface area contributed by atoms with Crippen LogP contribution >= 0.6 is 0 Å². The van der Waals surface area contributed by atoms with E-state index in [0.717, 1.165) is 28.2 Å². The van der Waals surface area contributed by atoms with E-state index in [4.69, 9.17) is 30.0 Å². The Labute approximate surface area is 318 Å². The van der Waals surface area contributed by atoms with Crippen LogP contribution in [0.2, 0.25) is 0 Å². The Balaban J connectivity index is 0.000000996. The zero-order valence-corrected chi connectivity index (χ0v) is 31.2. The van der Waals surface area contributed by atoms with Crippen LogP contribution in [0.25, 0.3) is 6.08 Å². The first-order chi connectivity index (χ1) is 21.6. The molecule has 0 amide bonds. The summed E-state index contributed by atoms with van der Waals surface area (Å²) in [7, 11) is -4.66. The Hall–Kier alpha value is -3.80. The van der Waals surface area contributed by atoms with Gasteiger partial charge in [0.05, 0.1) is 24.3 Å². The predicted molar refractivity (Wildman–Crippen MR) is 166 cm³/mol. The Bertz CT molecular complexity index is 1950. The van der Waals surface area contributed by atoms with Gasteiger partial charge in [0.15, 0.2) is 0 Å². The number of ketones is 1. The van der Waals surface area contributed by atoms with Crippen LogP contribution < -0.4 is 74.6 Å². The summed E-state index contributed by atoms with van der Waals surface area (Å²) in [5, 5.41) is 16.3. The van der Waals surface area contributed by atoms with Gasteiger partial charge in [0.25, 0.3) is 0 Å². The summed E-state index contributed by atoms with van der Waals surface area (Å²) in [6, 6.07) is 29.2. The molecule has 230 valence electrons.